The van der Waals surface area contributed by atoms with Crippen molar-refractivity contribution in [1.29, 1.82) is 0 Å². The van der Waals surface area contributed by atoms with Crippen LogP contribution in [0.3, 0.4) is 0 Å². The molecule has 1 heterocycles. The van der Waals surface area contributed by atoms with Crippen LogP contribution in [-0.2, 0) is 6.42 Å². The fourth-order valence-electron chi connectivity index (χ4n) is 2.23. The number of hydrogen-bond donors (Lipinski definition) is 0. The zero-order chi connectivity index (χ0) is 12.5. The standard InChI is InChI=1S/C15H11BrO2/c16-13-3-1-2-11(7-13)15-8-12-6-10(9-17)4-5-14(12)18-15/h1-7,9,15H,8H2. The molecule has 0 aliphatic carbocycles. The SMILES string of the molecule is O=Cc1ccc2c(c1)CC(c1cccc(Br)c1)O2. The summed E-state index contributed by atoms with van der Waals surface area (Å²) in [5, 5.41) is 0. The number of carbonyl (C=O) groups excluding carboxylic acids is 1. The zero-order valence-electron chi connectivity index (χ0n) is 9.60. The van der Waals surface area contributed by atoms with Gasteiger partial charge in [-0.3, -0.25) is 4.79 Å². The summed E-state index contributed by atoms with van der Waals surface area (Å²) in [4.78, 5) is 10.8. The van der Waals surface area contributed by atoms with E-state index in [-0.39, 0.29) is 6.10 Å². The number of halogens is 1. The van der Waals surface area contributed by atoms with E-state index in [4.69, 9.17) is 4.74 Å². The predicted molar refractivity (Wildman–Crippen MR) is 73.0 cm³/mol. The van der Waals surface area contributed by atoms with Crippen molar-refractivity contribution in [3.8, 4) is 5.75 Å². The van der Waals surface area contributed by atoms with Gasteiger partial charge < -0.3 is 4.74 Å². The van der Waals surface area contributed by atoms with Gasteiger partial charge in [0.1, 0.15) is 18.1 Å². The minimum Gasteiger partial charge on any atom is -0.485 e. The van der Waals surface area contributed by atoms with Crippen LogP contribution in [0.5, 0.6) is 5.75 Å². The molecular weight excluding hydrogens is 292 g/mol. The molecule has 2 nitrogen and oxygen atoms in total. The molecular formula is C15H11BrO2. The van der Waals surface area contributed by atoms with Crippen LogP contribution in [0, 0.1) is 0 Å². The Morgan fingerprint density at radius 3 is 2.89 bits per heavy atom. The van der Waals surface area contributed by atoms with Gasteiger partial charge in [0.15, 0.2) is 0 Å². The summed E-state index contributed by atoms with van der Waals surface area (Å²) in [5.74, 6) is 0.880. The second-order valence-electron chi connectivity index (χ2n) is 4.35. The maximum absolute atomic E-state index is 10.8. The van der Waals surface area contributed by atoms with Crippen molar-refractivity contribution in [2.45, 2.75) is 12.5 Å². The Kier molecular flexibility index (Phi) is 2.92. The van der Waals surface area contributed by atoms with Crippen molar-refractivity contribution in [3.05, 3.63) is 63.6 Å². The normalized spacial score (nSPS) is 17.1. The maximum Gasteiger partial charge on any atom is 0.150 e. The van der Waals surface area contributed by atoms with E-state index in [1.807, 2.05) is 24.3 Å². The second kappa shape index (κ2) is 4.58. The minimum absolute atomic E-state index is 0.0411. The minimum atomic E-state index is 0.0411. The van der Waals surface area contributed by atoms with Crippen molar-refractivity contribution >= 4 is 22.2 Å². The van der Waals surface area contributed by atoms with E-state index in [1.165, 1.54) is 0 Å². The van der Waals surface area contributed by atoms with Crippen LogP contribution in [-0.4, -0.2) is 6.29 Å². The molecule has 0 radical (unpaired) electrons. The lowest BCUT2D eigenvalue weighted by atomic mass is 10.0. The first kappa shape index (κ1) is 11.5. The van der Waals surface area contributed by atoms with E-state index in [0.29, 0.717) is 5.56 Å². The van der Waals surface area contributed by atoms with Gasteiger partial charge >= 0.3 is 0 Å². The highest BCUT2D eigenvalue weighted by molar-refractivity contribution is 9.10. The highest BCUT2D eigenvalue weighted by Crippen LogP contribution is 2.37. The number of benzene rings is 2. The Morgan fingerprint density at radius 2 is 2.11 bits per heavy atom. The van der Waals surface area contributed by atoms with Crippen LogP contribution in [0.15, 0.2) is 46.9 Å². The van der Waals surface area contributed by atoms with E-state index >= 15 is 0 Å². The first-order chi connectivity index (χ1) is 8.76. The smallest absolute Gasteiger partial charge is 0.150 e. The molecule has 0 bridgehead atoms. The van der Waals surface area contributed by atoms with Gasteiger partial charge in [-0.25, -0.2) is 0 Å². The summed E-state index contributed by atoms with van der Waals surface area (Å²) in [6, 6.07) is 13.7. The first-order valence-electron chi connectivity index (χ1n) is 5.76. The van der Waals surface area contributed by atoms with E-state index in [2.05, 4.69) is 28.1 Å². The molecule has 2 aromatic rings. The van der Waals surface area contributed by atoms with Gasteiger partial charge in [0.2, 0.25) is 0 Å². The fraction of sp³-hybridized carbons (Fsp3) is 0.133. The van der Waals surface area contributed by atoms with Gasteiger partial charge in [-0.05, 0) is 41.5 Å². The summed E-state index contributed by atoms with van der Waals surface area (Å²) >= 11 is 3.47. The lowest BCUT2D eigenvalue weighted by Crippen LogP contribution is -2.02. The summed E-state index contributed by atoms with van der Waals surface area (Å²) < 4.78 is 6.96. The highest BCUT2D eigenvalue weighted by Gasteiger charge is 2.24. The van der Waals surface area contributed by atoms with Crippen molar-refractivity contribution in [2.75, 3.05) is 0 Å². The third kappa shape index (κ3) is 2.06. The van der Waals surface area contributed by atoms with Crippen LogP contribution in [0.4, 0.5) is 0 Å². The summed E-state index contributed by atoms with van der Waals surface area (Å²) in [6.45, 7) is 0. The van der Waals surface area contributed by atoms with Gasteiger partial charge in [-0.15, -0.1) is 0 Å². The lowest BCUT2D eigenvalue weighted by Gasteiger charge is -2.11. The quantitative estimate of drug-likeness (QED) is 0.786. The van der Waals surface area contributed by atoms with Crippen LogP contribution in [0.25, 0.3) is 0 Å². The van der Waals surface area contributed by atoms with E-state index < -0.39 is 0 Å². The molecule has 1 atom stereocenters. The molecule has 0 spiro atoms. The van der Waals surface area contributed by atoms with Crippen LogP contribution in [0.1, 0.15) is 27.6 Å². The van der Waals surface area contributed by atoms with Crippen molar-refractivity contribution < 1.29 is 9.53 Å². The van der Waals surface area contributed by atoms with Crippen molar-refractivity contribution in [1.82, 2.24) is 0 Å². The van der Waals surface area contributed by atoms with Gasteiger partial charge in [-0.2, -0.15) is 0 Å². The molecule has 0 saturated heterocycles. The average molecular weight is 303 g/mol. The Hall–Kier alpha value is -1.61. The number of aldehydes is 1. The van der Waals surface area contributed by atoms with E-state index in [1.54, 1.807) is 6.07 Å². The molecule has 0 saturated carbocycles. The highest BCUT2D eigenvalue weighted by atomic mass is 79.9. The van der Waals surface area contributed by atoms with Crippen LogP contribution >= 0.6 is 15.9 Å². The fourth-order valence-corrected chi connectivity index (χ4v) is 2.65. The maximum atomic E-state index is 10.8. The Bertz CT molecular complexity index is 607. The monoisotopic (exact) mass is 302 g/mol. The zero-order valence-corrected chi connectivity index (χ0v) is 11.2. The number of carbonyl (C=O) groups is 1. The molecule has 0 N–H and O–H groups in total. The number of fused-ring (bicyclic) bond motifs is 1. The summed E-state index contributed by atoms with van der Waals surface area (Å²) in [5.41, 5.74) is 2.95. The van der Waals surface area contributed by atoms with Gasteiger partial charge in [0.05, 0.1) is 0 Å². The van der Waals surface area contributed by atoms with Gasteiger partial charge in [0.25, 0.3) is 0 Å². The van der Waals surface area contributed by atoms with Gasteiger partial charge in [0, 0.05) is 16.5 Å². The molecule has 90 valence electrons. The average Bonchev–Trinajstić information content (AvgIpc) is 2.81. The Balaban J connectivity index is 1.90. The molecule has 3 rings (SSSR count). The third-order valence-corrected chi connectivity index (χ3v) is 3.61. The molecule has 0 aromatic heterocycles. The summed E-state index contributed by atoms with van der Waals surface area (Å²) in [7, 11) is 0. The second-order valence-corrected chi connectivity index (χ2v) is 5.27. The van der Waals surface area contributed by atoms with E-state index in [0.717, 1.165) is 34.1 Å². The number of ether oxygens (including phenoxy) is 1. The Labute approximate surface area is 114 Å². The van der Waals surface area contributed by atoms with Crippen LogP contribution < -0.4 is 4.74 Å². The molecule has 1 unspecified atom stereocenters. The first-order valence-corrected chi connectivity index (χ1v) is 6.56. The molecule has 0 fully saturated rings. The van der Waals surface area contributed by atoms with E-state index in [9.17, 15) is 4.79 Å². The topological polar surface area (TPSA) is 26.3 Å². The number of rotatable bonds is 2. The molecule has 2 aromatic carbocycles. The number of hydrogen-bond acceptors (Lipinski definition) is 2. The van der Waals surface area contributed by atoms with Crippen molar-refractivity contribution in [3.63, 3.8) is 0 Å². The molecule has 18 heavy (non-hydrogen) atoms. The molecule has 1 aliphatic heterocycles. The summed E-state index contributed by atoms with van der Waals surface area (Å²) in [6.07, 6.45) is 1.72. The third-order valence-electron chi connectivity index (χ3n) is 3.12. The van der Waals surface area contributed by atoms with Crippen LogP contribution in [0.2, 0.25) is 0 Å². The Morgan fingerprint density at radius 1 is 1.22 bits per heavy atom. The molecule has 0 amide bonds. The largest absolute Gasteiger partial charge is 0.485 e. The van der Waals surface area contributed by atoms with Gasteiger partial charge in [-0.1, -0.05) is 28.1 Å². The molecule has 1 aliphatic rings. The lowest BCUT2D eigenvalue weighted by molar-refractivity contribution is 0.112. The molecule has 3 heteroatoms. The van der Waals surface area contributed by atoms with Crippen molar-refractivity contribution in [2.24, 2.45) is 0 Å². The predicted octanol–water partition coefficient (Wildman–Crippen LogP) is 3.94.